The average molecular weight is 329 g/mol. The molecule has 0 saturated carbocycles. The topological polar surface area (TPSA) is 62.0 Å². The van der Waals surface area contributed by atoms with Gasteiger partial charge in [0.25, 0.3) is 0 Å². The van der Waals surface area contributed by atoms with E-state index in [1.807, 2.05) is 0 Å². The molecular weight excluding hydrogens is 312 g/mol. The van der Waals surface area contributed by atoms with Crippen molar-refractivity contribution in [2.45, 2.75) is 12.8 Å². The number of anilines is 1. The minimum atomic E-state index is 0.484. The molecular formula is C17H17ClN4O. The van der Waals surface area contributed by atoms with Crippen LogP contribution in [0.4, 0.5) is 5.69 Å². The fourth-order valence-electron chi connectivity index (χ4n) is 2.76. The molecule has 0 radical (unpaired) electrons. The fraction of sp³-hybridized carbons (Fsp3) is 0.353. The predicted molar refractivity (Wildman–Crippen MR) is 88.6 cm³/mol. The molecule has 0 atom stereocenters. The van der Waals surface area contributed by atoms with Crippen LogP contribution in [0.1, 0.15) is 18.4 Å². The smallest absolute Gasteiger partial charge is 0.141 e. The van der Waals surface area contributed by atoms with E-state index in [0.29, 0.717) is 28.9 Å². The van der Waals surface area contributed by atoms with E-state index < -0.39 is 0 Å². The van der Waals surface area contributed by atoms with E-state index in [-0.39, 0.29) is 0 Å². The Morgan fingerprint density at radius 3 is 2.70 bits per heavy atom. The summed E-state index contributed by atoms with van der Waals surface area (Å²) in [5, 5.41) is 9.74. The zero-order valence-electron chi connectivity index (χ0n) is 12.7. The van der Waals surface area contributed by atoms with Crippen LogP contribution in [0.3, 0.4) is 0 Å². The van der Waals surface area contributed by atoms with Gasteiger partial charge in [0.05, 0.1) is 24.1 Å². The van der Waals surface area contributed by atoms with Crippen molar-refractivity contribution in [1.29, 1.82) is 5.26 Å². The van der Waals surface area contributed by atoms with Crippen LogP contribution in [0, 0.1) is 17.2 Å². The van der Waals surface area contributed by atoms with E-state index in [1.54, 1.807) is 36.9 Å². The minimum Gasteiger partial charge on any atom is -0.492 e. The highest BCUT2D eigenvalue weighted by molar-refractivity contribution is 6.31. The molecule has 3 rings (SSSR count). The molecule has 0 spiro atoms. The summed E-state index contributed by atoms with van der Waals surface area (Å²) >= 11 is 6.05. The van der Waals surface area contributed by atoms with Gasteiger partial charge in [-0.05, 0) is 24.8 Å². The molecule has 6 heteroatoms. The second-order valence-electron chi connectivity index (χ2n) is 5.55. The zero-order valence-corrected chi connectivity index (χ0v) is 13.4. The Morgan fingerprint density at radius 1 is 1.22 bits per heavy atom. The molecule has 23 heavy (non-hydrogen) atoms. The number of nitrogens with zero attached hydrogens (tertiary/aromatic N) is 4. The Morgan fingerprint density at radius 2 is 1.96 bits per heavy atom. The first kappa shape index (κ1) is 15.6. The summed E-state index contributed by atoms with van der Waals surface area (Å²) in [4.78, 5) is 10.3. The van der Waals surface area contributed by atoms with E-state index in [4.69, 9.17) is 16.3 Å². The summed E-state index contributed by atoms with van der Waals surface area (Å²) < 4.78 is 5.81. The molecule has 0 aliphatic carbocycles. The van der Waals surface area contributed by atoms with Crippen LogP contribution in [-0.4, -0.2) is 29.7 Å². The normalized spacial score (nSPS) is 15.2. The van der Waals surface area contributed by atoms with Crippen molar-refractivity contribution in [3.63, 3.8) is 0 Å². The quantitative estimate of drug-likeness (QED) is 0.861. The Kier molecular flexibility index (Phi) is 4.94. The van der Waals surface area contributed by atoms with Crippen molar-refractivity contribution in [3.05, 3.63) is 47.5 Å². The maximum absolute atomic E-state index is 9.20. The third-order valence-electron chi connectivity index (χ3n) is 4.09. The lowest BCUT2D eigenvalue weighted by Crippen LogP contribution is -2.36. The van der Waals surface area contributed by atoms with Crippen LogP contribution < -0.4 is 9.64 Å². The number of halogens is 1. The minimum absolute atomic E-state index is 0.484. The van der Waals surface area contributed by atoms with Crippen molar-refractivity contribution in [2.24, 2.45) is 5.92 Å². The second kappa shape index (κ2) is 7.30. The van der Waals surface area contributed by atoms with Gasteiger partial charge in [0, 0.05) is 37.7 Å². The van der Waals surface area contributed by atoms with Crippen molar-refractivity contribution >= 4 is 17.3 Å². The summed E-state index contributed by atoms with van der Waals surface area (Å²) in [6, 6.07) is 5.77. The Hall–Kier alpha value is -2.32. The summed E-state index contributed by atoms with van der Waals surface area (Å²) in [6.45, 7) is 2.45. The van der Waals surface area contributed by atoms with Crippen molar-refractivity contribution in [2.75, 3.05) is 24.6 Å². The molecule has 2 aromatic rings. The van der Waals surface area contributed by atoms with E-state index in [2.05, 4.69) is 20.9 Å². The molecule has 0 amide bonds. The highest BCUT2D eigenvalue weighted by Crippen LogP contribution is 2.27. The molecule has 0 aromatic carbocycles. The van der Waals surface area contributed by atoms with Crippen molar-refractivity contribution in [1.82, 2.24) is 9.97 Å². The summed E-state index contributed by atoms with van der Waals surface area (Å²) in [5.41, 5.74) is 1.60. The maximum Gasteiger partial charge on any atom is 0.141 e. The largest absolute Gasteiger partial charge is 0.492 e. The lowest BCUT2D eigenvalue weighted by molar-refractivity contribution is 0.223. The molecule has 5 nitrogen and oxygen atoms in total. The SMILES string of the molecule is N#Cc1ccncc1N1CCC(COc2ccncc2Cl)CC1. The number of rotatable bonds is 4. The lowest BCUT2D eigenvalue weighted by Gasteiger charge is -2.33. The van der Waals surface area contributed by atoms with Gasteiger partial charge in [-0.1, -0.05) is 11.6 Å². The molecule has 3 heterocycles. The van der Waals surface area contributed by atoms with E-state index in [0.717, 1.165) is 31.6 Å². The molecule has 1 aliphatic rings. The van der Waals surface area contributed by atoms with Gasteiger partial charge in [-0.2, -0.15) is 5.26 Å². The summed E-state index contributed by atoms with van der Waals surface area (Å²) in [6.07, 6.45) is 8.72. The molecule has 0 bridgehead atoms. The van der Waals surface area contributed by atoms with E-state index in [9.17, 15) is 5.26 Å². The summed E-state index contributed by atoms with van der Waals surface area (Å²) in [5.74, 6) is 1.17. The monoisotopic (exact) mass is 328 g/mol. The highest BCUT2D eigenvalue weighted by Gasteiger charge is 2.22. The van der Waals surface area contributed by atoms with Crippen LogP contribution in [0.25, 0.3) is 0 Å². The highest BCUT2D eigenvalue weighted by atomic mass is 35.5. The van der Waals surface area contributed by atoms with Crippen LogP contribution >= 0.6 is 11.6 Å². The van der Waals surface area contributed by atoms with Gasteiger partial charge in [0.2, 0.25) is 0 Å². The molecule has 1 aliphatic heterocycles. The van der Waals surface area contributed by atoms with Gasteiger partial charge in [-0.25, -0.2) is 0 Å². The molecule has 2 aromatic heterocycles. The number of nitriles is 1. The first-order chi connectivity index (χ1) is 11.3. The van der Waals surface area contributed by atoms with Gasteiger partial charge < -0.3 is 9.64 Å². The van der Waals surface area contributed by atoms with Crippen molar-refractivity contribution in [3.8, 4) is 11.8 Å². The Bertz CT molecular complexity index is 708. The van der Waals surface area contributed by atoms with Gasteiger partial charge in [-0.3, -0.25) is 9.97 Å². The van der Waals surface area contributed by atoms with Gasteiger partial charge in [-0.15, -0.1) is 0 Å². The van der Waals surface area contributed by atoms with Gasteiger partial charge in [0.15, 0.2) is 0 Å². The molecule has 118 valence electrons. The molecule has 1 saturated heterocycles. The van der Waals surface area contributed by atoms with Gasteiger partial charge >= 0.3 is 0 Å². The number of piperidine rings is 1. The number of aromatic nitrogens is 2. The first-order valence-electron chi connectivity index (χ1n) is 7.59. The van der Waals surface area contributed by atoms with Crippen LogP contribution in [0.15, 0.2) is 36.9 Å². The molecule has 0 N–H and O–H groups in total. The first-order valence-corrected chi connectivity index (χ1v) is 7.97. The van der Waals surface area contributed by atoms with Gasteiger partial charge in [0.1, 0.15) is 16.8 Å². The number of hydrogen-bond donors (Lipinski definition) is 0. The van der Waals surface area contributed by atoms with E-state index in [1.165, 1.54) is 0 Å². The molecule has 0 unspecified atom stereocenters. The second-order valence-corrected chi connectivity index (χ2v) is 5.96. The zero-order chi connectivity index (χ0) is 16.1. The number of pyridine rings is 2. The Balaban J connectivity index is 1.55. The third kappa shape index (κ3) is 3.72. The Labute approximate surface area is 140 Å². The molecule has 1 fully saturated rings. The van der Waals surface area contributed by atoms with Crippen LogP contribution in [0.5, 0.6) is 5.75 Å². The number of ether oxygens (including phenoxy) is 1. The summed E-state index contributed by atoms with van der Waals surface area (Å²) in [7, 11) is 0. The van der Waals surface area contributed by atoms with Crippen molar-refractivity contribution < 1.29 is 4.74 Å². The predicted octanol–water partition coefficient (Wildman–Crippen LogP) is 3.30. The standard InChI is InChI=1S/C17H17ClN4O/c18-15-10-20-6-2-17(15)23-12-13-3-7-22(8-4-13)16-11-21-5-1-14(16)9-19/h1-2,5-6,10-11,13H,3-4,7-8,12H2. The lowest BCUT2D eigenvalue weighted by atomic mass is 9.97. The van der Waals surface area contributed by atoms with Crippen LogP contribution in [0.2, 0.25) is 5.02 Å². The van der Waals surface area contributed by atoms with E-state index >= 15 is 0 Å². The maximum atomic E-state index is 9.20. The number of hydrogen-bond acceptors (Lipinski definition) is 5. The van der Waals surface area contributed by atoms with Crippen LogP contribution in [-0.2, 0) is 0 Å². The third-order valence-corrected chi connectivity index (χ3v) is 4.37. The average Bonchev–Trinajstić information content (AvgIpc) is 2.61. The fourth-order valence-corrected chi connectivity index (χ4v) is 2.93.